The molecule has 330 valence electrons. The van der Waals surface area contributed by atoms with Gasteiger partial charge in [-0.1, -0.05) is 255 Å². The zero-order chi connectivity index (χ0) is 46.5. The van der Waals surface area contributed by atoms with E-state index in [0.29, 0.717) is 0 Å². The van der Waals surface area contributed by atoms with Crippen molar-refractivity contribution in [3.8, 4) is 16.8 Å². The van der Waals surface area contributed by atoms with E-state index in [1.807, 2.05) is 11.3 Å². The van der Waals surface area contributed by atoms with Gasteiger partial charge in [-0.2, -0.15) is 0 Å². The number of hydrogen-bond acceptors (Lipinski definition) is 1. The fourth-order valence-electron chi connectivity index (χ4n) is 11.6. The lowest BCUT2D eigenvalue weighted by atomic mass is 10.1. The van der Waals surface area contributed by atoms with Crippen LogP contribution in [0.5, 0.6) is 0 Å². The lowest BCUT2D eigenvalue weighted by Gasteiger charge is -2.35. The molecule has 2 heterocycles. The number of rotatable bonds is 10. The normalized spacial score (nSPS) is 12.0. The summed E-state index contributed by atoms with van der Waals surface area (Å²) in [7, 11) is -5.66. The van der Waals surface area contributed by atoms with Crippen LogP contribution in [0.15, 0.2) is 285 Å². The van der Waals surface area contributed by atoms with Gasteiger partial charge in [0.05, 0.1) is 11.0 Å². The molecular formula is C66H47NSSi2. The fourth-order valence-corrected chi connectivity index (χ4v) is 22.9. The molecule has 0 aliphatic carbocycles. The summed E-state index contributed by atoms with van der Waals surface area (Å²) in [5.41, 5.74) is 6.02. The topological polar surface area (TPSA) is 4.93 Å². The van der Waals surface area contributed by atoms with Crippen molar-refractivity contribution in [1.82, 2.24) is 4.57 Å². The monoisotopic (exact) mass is 941 g/mol. The SMILES string of the molecule is c1ccc([Si](c2ccccc2)(c2ccc(-c3ccc([Si](c4ccccc4)(c4ccccc4)c4cccc5c4sc4ccccc45)cc3)cc2)c2ccc(-n3c4ccccc4c4ccccc43)cc2)cc1. The largest absolute Gasteiger partial charge is 0.309 e. The molecule has 0 N–H and O–H groups in total. The van der Waals surface area contributed by atoms with Gasteiger partial charge in [-0.05, 0) is 83.0 Å². The van der Waals surface area contributed by atoms with E-state index >= 15 is 0 Å². The number of thiophene rings is 1. The maximum atomic E-state index is 2.44. The van der Waals surface area contributed by atoms with Crippen molar-refractivity contribution >= 4 is 111 Å². The van der Waals surface area contributed by atoms with Gasteiger partial charge in [-0.15, -0.1) is 11.3 Å². The Morgan fingerprint density at radius 2 is 0.614 bits per heavy atom. The smallest absolute Gasteiger partial charge is 0.181 e. The molecule has 2 aromatic heterocycles. The van der Waals surface area contributed by atoms with Crippen molar-refractivity contribution in [3.05, 3.63) is 285 Å². The van der Waals surface area contributed by atoms with Gasteiger partial charge in [0.1, 0.15) is 0 Å². The molecule has 0 unspecified atom stereocenters. The Balaban J connectivity index is 0.948. The maximum Gasteiger partial charge on any atom is 0.181 e. The summed E-state index contributed by atoms with van der Waals surface area (Å²) in [6.07, 6.45) is 0. The highest BCUT2D eigenvalue weighted by atomic mass is 32.1. The second kappa shape index (κ2) is 17.4. The first-order chi connectivity index (χ1) is 34.7. The minimum Gasteiger partial charge on any atom is -0.309 e. The Hall–Kier alpha value is -8.13. The van der Waals surface area contributed by atoms with Crippen molar-refractivity contribution in [1.29, 1.82) is 0 Å². The van der Waals surface area contributed by atoms with Crippen LogP contribution in [-0.2, 0) is 0 Å². The van der Waals surface area contributed by atoms with Crippen LogP contribution in [0.25, 0.3) is 58.8 Å². The number of para-hydroxylation sites is 2. The van der Waals surface area contributed by atoms with Crippen LogP contribution in [0.4, 0.5) is 0 Å². The van der Waals surface area contributed by atoms with Crippen molar-refractivity contribution in [3.63, 3.8) is 0 Å². The van der Waals surface area contributed by atoms with Crippen molar-refractivity contribution in [2.24, 2.45) is 0 Å². The third-order valence-electron chi connectivity index (χ3n) is 14.7. The molecule has 0 aliphatic rings. The summed E-state index contributed by atoms with van der Waals surface area (Å²) < 4.78 is 5.13. The molecule has 13 rings (SSSR count). The Labute approximate surface area is 414 Å². The van der Waals surface area contributed by atoms with E-state index < -0.39 is 16.1 Å². The predicted molar refractivity (Wildman–Crippen MR) is 306 cm³/mol. The summed E-state index contributed by atoms with van der Waals surface area (Å²) in [6, 6.07) is 107. The van der Waals surface area contributed by atoms with E-state index in [9.17, 15) is 0 Å². The third-order valence-corrected chi connectivity index (χ3v) is 25.8. The third kappa shape index (κ3) is 6.63. The van der Waals surface area contributed by atoms with Crippen LogP contribution < -0.4 is 41.5 Å². The Morgan fingerprint density at radius 1 is 0.257 bits per heavy atom. The molecule has 0 saturated heterocycles. The summed E-state index contributed by atoms with van der Waals surface area (Å²) >= 11 is 1.93. The van der Waals surface area contributed by atoms with Crippen LogP contribution in [0.3, 0.4) is 0 Å². The lowest BCUT2D eigenvalue weighted by Crippen LogP contribution is -2.74. The summed E-state index contributed by atoms with van der Waals surface area (Å²) in [5.74, 6) is 0. The lowest BCUT2D eigenvalue weighted by molar-refractivity contribution is 1.18. The second-order valence-corrected chi connectivity index (χ2v) is 26.9. The first-order valence-corrected chi connectivity index (χ1v) is 29.0. The predicted octanol–water partition coefficient (Wildman–Crippen LogP) is 11.6. The van der Waals surface area contributed by atoms with Crippen molar-refractivity contribution in [2.45, 2.75) is 0 Å². The van der Waals surface area contributed by atoms with Crippen LogP contribution in [0.2, 0.25) is 0 Å². The zero-order valence-electron chi connectivity index (χ0n) is 38.5. The summed E-state index contributed by atoms with van der Waals surface area (Å²) in [5, 5.41) is 16.2. The fraction of sp³-hybridized carbons (Fsp3) is 0. The van der Waals surface area contributed by atoms with Crippen LogP contribution in [0.1, 0.15) is 0 Å². The Kier molecular flexibility index (Phi) is 10.5. The molecule has 13 aromatic rings. The number of fused-ring (bicyclic) bond motifs is 6. The number of hydrogen-bond donors (Lipinski definition) is 0. The highest BCUT2D eigenvalue weighted by Crippen LogP contribution is 2.35. The minimum absolute atomic E-state index is 1.16. The molecular weight excluding hydrogens is 895 g/mol. The standard InChI is InChI=1S/C66H47NSSi2/c1-5-20-51(21-6-1)69(52-22-7-2-8-23-52,56-46-40-50(41-47-56)67-62-32-16-13-28-58(62)59-29-14-17-33-63(59)67)55-42-36-48(37-43-55)49-38-44-57(45-39-49)70(53-24-9-3-10-25-53,54-26-11-4-12-27-54)65-35-19-31-61-60-30-15-18-34-64(60)68-66(61)65/h1-47H. The van der Waals surface area contributed by atoms with E-state index in [-0.39, 0.29) is 0 Å². The molecule has 0 spiro atoms. The van der Waals surface area contributed by atoms with Gasteiger partial charge < -0.3 is 4.57 Å². The van der Waals surface area contributed by atoms with Crippen molar-refractivity contribution < 1.29 is 0 Å². The van der Waals surface area contributed by atoms with E-state index in [1.165, 1.54) is 94.6 Å². The van der Waals surface area contributed by atoms with Gasteiger partial charge in [0.15, 0.2) is 16.1 Å². The first-order valence-electron chi connectivity index (χ1n) is 24.2. The molecule has 0 aliphatic heterocycles. The van der Waals surface area contributed by atoms with Crippen LogP contribution in [-0.4, -0.2) is 20.7 Å². The molecule has 0 saturated carbocycles. The molecule has 1 nitrogen and oxygen atoms in total. The van der Waals surface area contributed by atoms with Gasteiger partial charge in [-0.25, -0.2) is 0 Å². The molecule has 0 fully saturated rings. The van der Waals surface area contributed by atoms with E-state index in [2.05, 4.69) is 290 Å². The Bertz CT molecular complexity index is 3830. The average Bonchev–Trinajstić information content (AvgIpc) is 4.00. The molecule has 0 radical (unpaired) electrons. The Morgan fingerprint density at radius 3 is 1.10 bits per heavy atom. The van der Waals surface area contributed by atoms with Gasteiger partial charge >= 0.3 is 0 Å². The molecule has 0 amide bonds. The summed E-state index contributed by atoms with van der Waals surface area (Å²) in [4.78, 5) is 0. The van der Waals surface area contributed by atoms with Crippen molar-refractivity contribution in [2.75, 3.05) is 0 Å². The van der Waals surface area contributed by atoms with E-state index in [4.69, 9.17) is 0 Å². The quantitative estimate of drug-likeness (QED) is 0.0951. The van der Waals surface area contributed by atoms with Gasteiger partial charge in [-0.3, -0.25) is 0 Å². The highest BCUT2D eigenvalue weighted by Gasteiger charge is 2.44. The van der Waals surface area contributed by atoms with Gasteiger partial charge in [0, 0.05) is 36.6 Å². The number of aromatic nitrogens is 1. The van der Waals surface area contributed by atoms with Gasteiger partial charge in [0.25, 0.3) is 0 Å². The molecule has 11 aromatic carbocycles. The molecule has 0 atom stereocenters. The summed E-state index contributed by atoms with van der Waals surface area (Å²) in [6.45, 7) is 0. The molecule has 4 heteroatoms. The maximum absolute atomic E-state index is 2.83. The van der Waals surface area contributed by atoms with E-state index in [0.717, 1.165) is 5.69 Å². The number of benzene rings is 11. The van der Waals surface area contributed by atoms with E-state index in [1.54, 1.807) is 0 Å². The minimum atomic E-state index is -2.83. The van der Waals surface area contributed by atoms with Gasteiger partial charge in [0.2, 0.25) is 0 Å². The molecule has 0 bridgehead atoms. The second-order valence-electron chi connectivity index (χ2n) is 18.3. The highest BCUT2D eigenvalue weighted by molar-refractivity contribution is 7.30. The average molecular weight is 942 g/mol. The number of nitrogens with zero attached hydrogens (tertiary/aromatic N) is 1. The first kappa shape index (κ1) is 42.0. The van der Waals surface area contributed by atoms with Crippen LogP contribution >= 0.6 is 11.3 Å². The molecule has 70 heavy (non-hydrogen) atoms. The van der Waals surface area contributed by atoms with Crippen LogP contribution in [0, 0.1) is 0 Å². The zero-order valence-corrected chi connectivity index (χ0v) is 41.3.